The summed E-state index contributed by atoms with van der Waals surface area (Å²) in [7, 11) is 0. The van der Waals surface area contributed by atoms with Gasteiger partial charge < -0.3 is 5.32 Å². The Morgan fingerprint density at radius 2 is 2.05 bits per heavy atom. The molecule has 0 aliphatic carbocycles. The van der Waals surface area contributed by atoms with Crippen LogP contribution in [0.1, 0.15) is 36.2 Å². The molecule has 3 N–H and O–H groups in total. The lowest BCUT2D eigenvalue weighted by atomic mass is 10.1. The van der Waals surface area contributed by atoms with Crippen LogP contribution in [0, 0.1) is 18.7 Å². The van der Waals surface area contributed by atoms with Gasteiger partial charge in [-0.15, -0.1) is 0 Å². The van der Waals surface area contributed by atoms with Gasteiger partial charge in [0.25, 0.3) is 5.91 Å². The number of carbonyl (C=O) groups excluding carboxylic acids is 1. The van der Waals surface area contributed by atoms with Crippen LogP contribution in [0.15, 0.2) is 18.2 Å². The summed E-state index contributed by atoms with van der Waals surface area (Å²) in [5.41, 5.74) is 5.75. The lowest BCUT2D eigenvalue weighted by Gasteiger charge is -2.12. The molecular weight excluding hydrogens is 277 g/mol. The monoisotopic (exact) mass is 297 g/mol. The molecule has 0 spiro atoms. The molecule has 0 aliphatic heterocycles. The molecule has 1 amide bonds. The van der Waals surface area contributed by atoms with E-state index in [1.807, 2.05) is 0 Å². The fourth-order valence-electron chi connectivity index (χ4n) is 1.44. The Labute approximate surface area is 124 Å². The first-order valence-electron chi connectivity index (χ1n) is 6.50. The smallest absolute Gasteiger partial charge is 0.269 e. The molecule has 0 bridgehead atoms. The number of halogens is 1. The van der Waals surface area contributed by atoms with E-state index in [2.05, 4.69) is 30.0 Å². The van der Waals surface area contributed by atoms with Crippen LogP contribution >= 0.6 is 12.2 Å². The minimum absolute atomic E-state index is 0.241. The molecule has 0 aromatic heterocycles. The minimum atomic E-state index is -0.433. The molecule has 0 fully saturated rings. The largest absolute Gasteiger partial charge is 0.361 e. The minimum Gasteiger partial charge on any atom is -0.361 e. The number of thiocarbonyl (C=S) groups is 1. The Morgan fingerprint density at radius 1 is 1.35 bits per heavy atom. The number of hydrazine groups is 1. The number of rotatable bonds is 4. The van der Waals surface area contributed by atoms with E-state index in [9.17, 15) is 9.18 Å². The van der Waals surface area contributed by atoms with E-state index in [-0.39, 0.29) is 5.56 Å². The van der Waals surface area contributed by atoms with Crippen LogP contribution in [-0.2, 0) is 0 Å². The highest BCUT2D eigenvalue weighted by atomic mass is 32.1. The second kappa shape index (κ2) is 7.79. The van der Waals surface area contributed by atoms with Crippen molar-refractivity contribution in [3.05, 3.63) is 35.1 Å². The van der Waals surface area contributed by atoms with Crippen LogP contribution in [0.4, 0.5) is 4.39 Å². The molecule has 0 unspecified atom stereocenters. The second-order valence-corrected chi connectivity index (χ2v) is 5.39. The lowest BCUT2D eigenvalue weighted by Crippen LogP contribution is -2.47. The van der Waals surface area contributed by atoms with Crippen molar-refractivity contribution in [2.24, 2.45) is 5.92 Å². The van der Waals surface area contributed by atoms with E-state index >= 15 is 0 Å². The number of carbonyl (C=O) groups is 1. The molecule has 20 heavy (non-hydrogen) atoms. The zero-order chi connectivity index (χ0) is 15.1. The molecule has 0 atom stereocenters. The molecule has 0 saturated heterocycles. The first-order chi connectivity index (χ1) is 9.40. The predicted octanol–water partition coefficient (Wildman–Crippen LogP) is 2.29. The molecule has 1 aromatic carbocycles. The highest BCUT2D eigenvalue weighted by Crippen LogP contribution is 2.08. The number of aryl methyl sites for hydroxylation is 1. The molecule has 1 aromatic rings. The molecule has 0 saturated carbocycles. The van der Waals surface area contributed by atoms with Crippen molar-refractivity contribution in [3.63, 3.8) is 0 Å². The van der Waals surface area contributed by atoms with Gasteiger partial charge in [-0.1, -0.05) is 19.9 Å². The van der Waals surface area contributed by atoms with Crippen LogP contribution < -0.4 is 16.2 Å². The molecule has 6 heteroatoms. The third kappa shape index (κ3) is 5.52. The number of hydrogen-bond donors (Lipinski definition) is 3. The summed E-state index contributed by atoms with van der Waals surface area (Å²) in [4.78, 5) is 11.8. The van der Waals surface area contributed by atoms with E-state index in [1.54, 1.807) is 19.1 Å². The molecular formula is C14H20FN3OS. The maximum absolute atomic E-state index is 13.3. The second-order valence-electron chi connectivity index (χ2n) is 4.98. The summed E-state index contributed by atoms with van der Waals surface area (Å²) in [6.07, 6.45) is 0.985. The van der Waals surface area contributed by atoms with Crippen molar-refractivity contribution in [1.29, 1.82) is 0 Å². The van der Waals surface area contributed by atoms with Crippen molar-refractivity contribution >= 4 is 23.2 Å². The Balaban J connectivity index is 2.39. The van der Waals surface area contributed by atoms with Gasteiger partial charge in [0.05, 0.1) is 0 Å². The van der Waals surface area contributed by atoms with Gasteiger partial charge in [0.1, 0.15) is 5.82 Å². The van der Waals surface area contributed by atoms with Crippen LogP contribution in [0.5, 0.6) is 0 Å². The SMILES string of the molecule is Cc1ccc(C(=O)NNC(=S)NCCC(C)C)cc1F. The van der Waals surface area contributed by atoms with Gasteiger partial charge >= 0.3 is 0 Å². The highest BCUT2D eigenvalue weighted by Gasteiger charge is 2.08. The summed E-state index contributed by atoms with van der Waals surface area (Å²) in [5, 5.41) is 3.31. The number of hydrogen-bond acceptors (Lipinski definition) is 2. The molecule has 0 heterocycles. The van der Waals surface area contributed by atoms with E-state index < -0.39 is 11.7 Å². The summed E-state index contributed by atoms with van der Waals surface area (Å²) >= 11 is 5.01. The van der Waals surface area contributed by atoms with Gasteiger partial charge in [-0.3, -0.25) is 15.6 Å². The molecule has 110 valence electrons. The zero-order valence-electron chi connectivity index (χ0n) is 11.9. The van der Waals surface area contributed by atoms with Crippen molar-refractivity contribution in [2.75, 3.05) is 6.54 Å². The van der Waals surface area contributed by atoms with Crippen molar-refractivity contribution in [1.82, 2.24) is 16.2 Å². The highest BCUT2D eigenvalue weighted by molar-refractivity contribution is 7.80. The van der Waals surface area contributed by atoms with Crippen molar-refractivity contribution < 1.29 is 9.18 Å². The molecule has 1 rings (SSSR count). The molecule has 0 radical (unpaired) electrons. The fraction of sp³-hybridized carbons (Fsp3) is 0.429. The quantitative estimate of drug-likeness (QED) is 0.589. The predicted molar refractivity (Wildman–Crippen MR) is 81.8 cm³/mol. The average molecular weight is 297 g/mol. The first-order valence-corrected chi connectivity index (χ1v) is 6.91. The maximum atomic E-state index is 13.3. The number of amides is 1. The van der Waals surface area contributed by atoms with Gasteiger partial charge in [0, 0.05) is 12.1 Å². The van der Waals surface area contributed by atoms with Crippen LogP contribution in [0.25, 0.3) is 0 Å². The standard InChI is InChI=1S/C14H20FN3OS/c1-9(2)6-7-16-14(20)18-17-13(19)11-5-4-10(3)12(15)8-11/h4-5,8-9H,6-7H2,1-3H3,(H,17,19)(H2,16,18,20). The third-order valence-corrected chi connectivity index (χ3v) is 2.98. The topological polar surface area (TPSA) is 53.2 Å². The third-order valence-electron chi connectivity index (χ3n) is 2.73. The van der Waals surface area contributed by atoms with Gasteiger partial charge in [0.2, 0.25) is 0 Å². The molecule has 0 aliphatic rings. The van der Waals surface area contributed by atoms with Gasteiger partial charge in [-0.2, -0.15) is 0 Å². The van der Waals surface area contributed by atoms with Crippen LogP contribution in [0.2, 0.25) is 0 Å². The van der Waals surface area contributed by atoms with Gasteiger partial charge in [-0.25, -0.2) is 4.39 Å². The Hall–Kier alpha value is -1.69. The fourth-order valence-corrected chi connectivity index (χ4v) is 1.59. The summed E-state index contributed by atoms with van der Waals surface area (Å²) < 4.78 is 13.3. The van der Waals surface area contributed by atoms with E-state index in [0.29, 0.717) is 16.6 Å². The normalized spacial score (nSPS) is 10.2. The van der Waals surface area contributed by atoms with Crippen molar-refractivity contribution in [3.8, 4) is 0 Å². The van der Waals surface area contributed by atoms with Crippen LogP contribution in [0.3, 0.4) is 0 Å². The van der Waals surface area contributed by atoms with E-state index in [4.69, 9.17) is 12.2 Å². The summed E-state index contributed by atoms with van der Waals surface area (Å²) in [6, 6.07) is 4.32. The Morgan fingerprint density at radius 3 is 2.65 bits per heavy atom. The summed E-state index contributed by atoms with van der Waals surface area (Å²) in [5.74, 6) is -0.261. The van der Waals surface area contributed by atoms with E-state index in [0.717, 1.165) is 13.0 Å². The number of nitrogens with one attached hydrogen (secondary N) is 3. The van der Waals surface area contributed by atoms with E-state index in [1.165, 1.54) is 6.07 Å². The first kappa shape index (κ1) is 16.4. The Bertz CT molecular complexity index is 491. The van der Waals surface area contributed by atoms with Gasteiger partial charge in [-0.05, 0) is 49.2 Å². The van der Waals surface area contributed by atoms with Gasteiger partial charge in [0.15, 0.2) is 5.11 Å². The summed E-state index contributed by atoms with van der Waals surface area (Å²) in [6.45, 7) is 6.61. The zero-order valence-corrected chi connectivity index (χ0v) is 12.7. The number of benzene rings is 1. The average Bonchev–Trinajstić information content (AvgIpc) is 2.38. The maximum Gasteiger partial charge on any atom is 0.269 e. The van der Waals surface area contributed by atoms with Crippen LogP contribution in [-0.4, -0.2) is 17.6 Å². The molecule has 4 nitrogen and oxygen atoms in total. The van der Waals surface area contributed by atoms with Crippen molar-refractivity contribution in [2.45, 2.75) is 27.2 Å². The Kier molecular flexibility index (Phi) is 6.38. The lowest BCUT2D eigenvalue weighted by molar-refractivity contribution is 0.0943.